The van der Waals surface area contributed by atoms with E-state index in [4.69, 9.17) is 9.47 Å². The number of halogens is 1. The summed E-state index contributed by atoms with van der Waals surface area (Å²) < 4.78 is 24.0. The van der Waals surface area contributed by atoms with Crippen molar-refractivity contribution in [3.63, 3.8) is 0 Å². The number of aromatic nitrogens is 2. The van der Waals surface area contributed by atoms with Crippen molar-refractivity contribution >= 4 is 28.2 Å². The minimum absolute atomic E-state index is 0.0548. The number of nitrogens with one attached hydrogen (secondary N) is 2. The second-order valence-corrected chi connectivity index (χ2v) is 5.50. The van der Waals surface area contributed by atoms with Gasteiger partial charge >= 0.3 is 0 Å². The highest BCUT2D eigenvalue weighted by molar-refractivity contribution is 6.11. The number of nitro benzene ring substituents is 1. The number of amides is 1. The topological polar surface area (TPSA) is 119 Å². The Kier molecular flexibility index (Phi) is 5.27. The predicted octanol–water partition coefficient (Wildman–Crippen LogP) is 2.89. The molecule has 9 nitrogen and oxygen atoms in total. The third-order valence-electron chi connectivity index (χ3n) is 3.71. The van der Waals surface area contributed by atoms with E-state index in [-0.39, 0.29) is 34.8 Å². The summed E-state index contributed by atoms with van der Waals surface area (Å²) in [5.74, 6) is -0.969. The molecule has 10 heteroatoms. The number of methoxy groups -OCH3 is 1. The number of H-pyrrole nitrogens is 1. The van der Waals surface area contributed by atoms with Crippen LogP contribution in [0.4, 0.5) is 15.8 Å². The molecule has 3 rings (SSSR count). The Bertz CT molecular complexity index is 1000. The molecular weight excluding hydrogens is 359 g/mol. The van der Waals surface area contributed by atoms with Crippen LogP contribution in [0.5, 0.6) is 5.75 Å². The van der Waals surface area contributed by atoms with Crippen molar-refractivity contribution in [1.29, 1.82) is 0 Å². The number of hydrogen-bond donors (Lipinski definition) is 2. The summed E-state index contributed by atoms with van der Waals surface area (Å²) in [6.45, 7) is 0.529. The molecule has 0 fully saturated rings. The van der Waals surface area contributed by atoms with E-state index >= 15 is 0 Å². The molecule has 0 atom stereocenters. The van der Waals surface area contributed by atoms with Gasteiger partial charge in [-0.15, -0.1) is 0 Å². The number of fused-ring (bicyclic) bond motifs is 1. The fourth-order valence-corrected chi connectivity index (χ4v) is 2.43. The molecule has 1 aromatic heterocycles. The van der Waals surface area contributed by atoms with Crippen LogP contribution in [0.3, 0.4) is 0 Å². The average molecular weight is 374 g/mol. The number of carbonyl (C=O) groups is 1. The van der Waals surface area contributed by atoms with Crippen LogP contribution < -0.4 is 10.1 Å². The number of ether oxygens (including phenoxy) is 2. The van der Waals surface area contributed by atoms with Crippen molar-refractivity contribution in [2.45, 2.75) is 0 Å². The van der Waals surface area contributed by atoms with Crippen LogP contribution in [0, 0.1) is 15.9 Å². The van der Waals surface area contributed by atoms with Gasteiger partial charge in [-0.25, -0.2) is 4.39 Å². The molecule has 0 spiro atoms. The van der Waals surface area contributed by atoms with E-state index in [1.165, 1.54) is 37.4 Å². The van der Waals surface area contributed by atoms with Gasteiger partial charge in [0.1, 0.15) is 18.2 Å². The number of aromatic amines is 1. The maximum Gasteiger partial charge on any atom is 0.276 e. The second-order valence-electron chi connectivity index (χ2n) is 5.50. The Hall–Kier alpha value is -3.53. The summed E-state index contributed by atoms with van der Waals surface area (Å²) in [7, 11) is 1.51. The van der Waals surface area contributed by atoms with Crippen LogP contribution in [0.2, 0.25) is 0 Å². The summed E-state index contributed by atoms with van der Waals surface area (Å²) in [5.41, 5.74) is 0.340. The van der Waals surface area contributed by atoms with Gasteiger partial charge in [0.2, 0.25) is 0 Å². The van der Waals surface area contributed by atoms with Gasteiger partial charge in [-0.1, -0.05) is 0 Å². The molecule has 0 aliphatic rings. The number of anilines is 1. The van der Waals surface area contributed by atoms with Gasteiger partial charge < -0.3 is 14.8 Å². The molecule has 0 radical (unpaired) electrons. The first-order valence-corrected chi connectivity index (χ1v) is 7.84. The zero-order chi connectivity index (χ0) is 19.4. The minimum atomic E-state index is -0.663. The molecule has 2 aromatic carbocycles. The molecule has 0 saturated carbocycles. The van der Waals surface area contributed by atoms with Crippen molar-refractivity contribution in [3.8, 4) is 5.75 Å². The zero-order valence-electron chi connectivity index (χ0n) is 14.2. The Morgan fingerprint density at radius 1 is 1.30 bits per heavy atom. The van der Waals surface area contributed by atoms with E-state index < -0.39 is 16.6 Å². The lowest BCUT2D eigenvalue weighted by Crippen LogP contribution is -2.15. The molecule has 0 unspecified atom stereocenters. The number of non-ortho nitro benzene ring substituents is 1. The van der Waals surface area contributed by atoms with Crippen LogP contribution in [-0.2, 0) is 4.74 Å². The molecule has 1 amide bonds. The number of benzene rings is 2. The number of hydrogen-bond acceptors (Lipinski definition) is 6. The van der Waals surface area contributed by atoms with Gasteiger partial charge in [-0.2, -0.15) is 5.10 Å². The highest BCUT2D eigenvalue weighted by Crippen LogP contribution is 2.27. The summed E-state index contributed by atoms with van der Waals surface area (Å²) in [6.07, 6.45) is 0. The smallest absolute Gasteiger partial charge is 0.276 e. The summed E-state index contributed by atoms with van der Waals surface area (Å²) in [6, 6.07) is 7.70. The molecule has 0 aliphatic heterocycles. The van der Waals surface area contributed by atoms with E-state index in [0.717, 1.165) is 6.07 Å². The van der Waals surface area contributed by atoms with Crippen molar-refractivity contribution < 1.29 is 23.6 Å². The van der Waals surface area contributed by atoms with Crippen LogP contribution in [0.25, 0.3) is 10.9 Å². The van der Waals surface area contributed by atoms with Crippen LogP contribution in [0.1, 0.15) is 10.5 Å². The van der Waals surface area contributed by atoms with Crippen LogP contribution in [0.15, 0.2) is 36.4 Å². The first-order valence-electron chi connectivity index (χ1n) is 7.84. The predicted molar refractivity (Wildman–Crippen MR) is 94.5 cm³/mol. The first kappa shape index (κ1) is 18.3. The number of nitro groups is 1. The number of rotatable bonds is 7. The van der Waals surface area contributed by atoms with Gasteiger partial charge in [0.25, 0.3) is 11.6 Å². The largest absolute Gasteiger partial charge is 0.489 e. The maximum atomic E-state index is 13.6. The molecule has 2 N–H and O–H groups in total. The second kappa shape index (κ2) is 7.79. The van der Waals surface area contributed by atoms with Crippen molar-refractivity contribution in [1.82, 2.24) is 10.2 Å². The molecule has 0 bridgehead atoms. The molecule has 1 heterocycles. The number of carbonyl (C=O) groups excluding carboxylic acids is 1. The monoisotopic (exact) mass is 374 g/mol. The molecule has 0 aliphatic carbocycles. The van der Waals surface area contributed by atoms with Gasteiger partial charge in [0.15, 0.2) is 5.69 Å². The molecule has 3 aromatic rings. The van der Waals surface area contributed by atoms with Crippen molar-refractivity contribution in [2.75, 3.05) is 25.6 Å². The lowest BCUT2D eigenvalue weighted by molar-refractivity contribution is -0.384. The Morgan fingerprint density at radius 2 is 2.11 bits per heavy atom. The molecular formula is C17H15FN4O5. The highest BCUT2D eigenvalue weighted by Gasteiger charge is 2.19. The maximum absolute atomic E-state index is 13.6. The van der Waals surface area contributed by atoms with Gasteiger partial charge in [0.05, 0.1) is 22.7 Å². The Morgan fingerprint density at radius 3 is 2.85 bits per heavy atom. The van der Waals surface area contributed by atoms with E-state index in [2.05, 4.69) is 15.5 Å². The van der Waals surface area contributed by atoms with E-state index in [9.17, 15) is 19.3 Å². The van der Waals surface area contributed by atoms with E-state index in [0.29, 0.717) is 12.1 Å². The SMILES string of the molecule is COCCOc1ccc(F)cc1NC(=O)c1n[nH]c2ccc([N+](=O)[O-])cc12. The molecule has 0 saturated heterocycles. The Balaban J connectivity index is 1.89. The van der Waals surface area contributed by atoms with Crippen molar-refractivity contribution in [3.05, 3.63) is 58.0 Å². The average Bonchev–Trinajstić information content (AvgIpc) is 3.07. The molecule has 140 valence electrons. The fourth-order valence-electron chi connectivity index (χ4n) is 2.43. The van der Waals surface area contributed by atoms with E-state index in [1.807, 2.05) is 0 Å². The van der Waals surface area contributed by atoms with Crippen LogP contribution >= 0.6 is 0 Å². The van der Waals surface area contributed by atoms with Gasteiger partial charge in [-0.3, -0.25) is 20.0 Å². The van der Waals surface area contributed by atoms with E-state index in [1.54, 1.807) is 0 Å². The normalized spacial score (nSPS) is 10.7. The Labute approximate surface area is 152 Å². The fraction of sp³-hybridized carbons (Fsp3) is 0.176. The third kappa shape index (κ3) is 4.01. The lowest BCUT2D eigenvalue weighted by Gasteiger charge is -2.12. The first-order chi connectivity index (χ1) is 13.0. The molecule has 27 heavy (non-hydrogen) atoms. The third-order valence-corrected chi connectivity index (χ3v) is 3.71. The lowest BCUT2D eigenvalue weighted by atomic mass is 10.1. The van der Waals surface area contributed by atoms with Crippen LogP contribution in [-0.4, -0.2) is 41.4 Å². The van der Waals surface area contributed by atoms with Crippen molar-refractivity contribution in [2.24, 2.45) is 0 Å². The van der Waals surface area contributed by atoms with Gasteiger partial charge in [-0.05, 0) is 18.2 Å². The summed E-state index contributed by atoms with van der Waals surface area (Å²) >= 11 is 0. The highest BCUT2D eigenvalue weighted by atomic mass is 19.1. The summed E-state index contributed by atoms with van der Waals surface area (Å²) in [5, 5.41) is 20.3. The summed E-state index contributed by atoms with van der Waals surface area (Å²) in [4.78, 5) is 23.0. The zero-order valence-corrected chi connectivity index (χ0v) is 14.2. The number of nitrogens with zero attached hydrogens (tertiary/aromatic N) is 2. The minimum Gasteiger partial charge on any atom is -0.489 e. The standard InChI is InChI=1S/C17H15FN4O5/c1-26-6-7-27-15-5-2-10(18)8-14(15)19-17(23)16-12-9-11(22(24)25)3-4-13(12)20-21-16/h2-5,8-9H,6-7H2,1H3,(H,19,23)(H,20,21). The van der Waals surface area contributed by atoms with Gasteiger partial charge in [0, 0.05) is 30.7 Å². The quantitative estimate of drug-likeness (QED) is 0.373.